The van der Waals surface area contributed by atoms with Crippen molar-refractivity contribution in [3.63, 3.8) is 0 Å². The fourth-order valence-corrected chi connectivity index (χ4v) is 4.48. The first-order valence-electron chi connectivity index (χ1n) is 9.66. The molecule has 0 atom stereocenters. The number of furan rings is 1. The average Bonchev–Trinajstić information content (AvgIpc) is 3.53. The smallest absolute Gasteiger partial charge is 0.291 e. The standard InChI is InChI=1S/C23H15Cl2N3O4S/c1-30-18-7-4-13(10-19(18)31-2)21-26-23-28(27-21)22(29)20(33-23)11-14-5-8-17(32-14)12-3-6-15(24)16(25)9-12/h3-11H,1-2H3/b20-11-. The SMILES string of the molecule is COc1ccc(-c2nc3s/c(=C\c4ccc(-c5ccc(Cl)c(Cl)c5)o4)c(=O)n3n2)cc1OC. The summed E-state index contributed by atoms with van der Waals surface area (Å²) in [6, 6.07) is 14.2. The van der Waals surface area contributed by atoms with E-state index in [4.69, 9.17) is 37.1 Å². The molecule has 0 amide bonds. The van der Waals surface area contributed by atoms with Crippen LogP contribution in [0.5, 0.6) is 11.5 Å². The first kappa shape index (κ1) is 21.5. The molecule has 0 aliphatic carbocycles. The third kappa shape index (κ3) is 3.97. The van der Waals surface area contributed by atoms with E-state index in [0.717, 1.165) is 5.56 Å². The Labute approximate surface area is 201 Å². The van der Waals surface area contributed by atoms with Crippen molar-refractivity contribution >= 4 is 45.6 Å². The number of fused-ring (bicyclic) bond motifs is 1. The van der Waals surface area contributed by atoms with Crippen LogP contribution in [0.4, 0.5) is 0 Å². The quantitative estimate of drug-likeness (QED) is 0.340. The Morgan fingerprint density at radius 3 is 2.48 bits per heavy atom. The summed E-state index contributed by atoms with van der Waals surface area (Å²) in [7, 11) is 3.12. The van der Waals surface area contributed by atoms with E-state index in [0.29, 0.717) is 53.9 Å². The van der Waals surface area contributed by atoms with Crippen LogP contribution >= 0.6 is 34.5 Å². The lowest BCUT2D eigenvalue weighted by molar-refractivity contribution is 0.355. The van der Waals surface area contributed by atoms with Crippen molar-refractivity contribution in [1.82, 2.24) is 14.6 Å². The topological polar surface area (TPSA) is 78.9 Å². The van der Waals surface area contributed by atoms with Crippen molar-refractivity contribution in [3.05, 3.63) is 79.2 Å². The molecular weight excluding hydrogens is 485 g/mol. The van der Waals surface area contributed by atoms with E-state index in [9.17, 15) is 4.79 Å². The molecule has 0 spiro atoms. The first-order valence-corrected chi connectivity index (χ1v) is 11.2. The van der Waals surface area contributed by atoms with E-state index in [-0.39, 0.29) is 5.56 Å². The lowest BCUT2D eigenvalue weighted by atomic mass is 10.2. The Morgan fingerprint density at radius 2 is 1.76 bits per heavy atom. The van der Waals surface area contributed by atoms with Crippen molar-refractivity contribution in [2.75, 3.05) is 14.2 Å². The molecule has 33 heavy (non-hydrogen) atoms. The Hall–Kier alpha value is -3.33. The molecule has 0 aliphatic rings. The van der Waals surface area contributed by atoms with Crippen molar-refractivity contribution in [2.45, 2.75) is 0 Å². The predicted molar refractivity (Wildman–Crippen MR) is 129 cm³/mol. The van der Waals surface area contributed by atoms with E-state index >= 15 is 0 Å². The maximum atomic E-state index is 12.9. The molecule has 3 aromatic heterocycles. The molecule has 7 nitrogen and oxygen atoms in total. The molecule has 5 aromatic rings. The fraction of sp³-hybridized carbons (Fsp3) is 0.0870. The molecule has 10 heteroatoms. The molecular formula is C23H15Cl2N3O4S. The van der Waals surface area contributed by atoms with Gasteiger partial charge in [0.15, 0.2) is 17.3 Å². The fourth-order valence-electron chi connectivity index (χ4n) is 3.30. The number of halogens is 2. The van der Waals surface area contributed by atoms with Gasteiger partial charge in [0, 0.05) is 17.2 Å². The van der Waals surface area contributed by atoms with Gasteiger partial charge < -0.3 is 13.9 Å². The number of methoxy groups -OCH3 is 2. The molecule has 0 unspecified atom stereocenters. The number of rotatable bonds is 5. The molecule has 0 fully saturated rings. The third-order valence-corrected chi connectivity index (χ3v) is 6.63. The van der Waals surface area contributed by atoms with Gasteiger partial charge in [-0.1, -0.05) is 34.5 Å². The van der Waals surface area contributed by atoms with Gasteiger partial charge >= 0.3 is 0 Å². The zero-order valence-electron chi connectivity index (χ0n) is 17.3. The molecule has 3 heterocycles. The normalized spacial score (nSPS) is 11.9. The second kappa shape index (κ2) is 8.55. The zero-order chi connectivity index (χ0) is 23.1. The van der Waals surface area contributed by atoms with Crippen LogP contribution in [0.3, 0.4) is 0 Å². The van der Waals surface area contributed by atoms with Crippen LogP contribution in [0.1, 0.15) is 5.76 Å². The van der Waals surface area contributed by atoms with Crippen LogP contribution in [0, 0.1) is 0 Å². The summed E-state index contributed by atoms with van der Waals surface area (Å²) in [6.07, 6.45) is 1.67. The minimum Gasteiger partial charge on any atom is -0.493 e. The number of aromatic nitrogens is 3. The number of ether oxygens (including phenoxy) is 2. The molecule has 0 N–H and O–H groups in total. The van der Waals surface area contributed by atoms with Crippen LogP contribution in [-0.4, -0.2) is 28.8 Å². The lowest BCUT2D eigenvalue weighted by Gasteiger charge is -2.07. The van der Waals surface area contributed by atoms with E-state index in [2.05, 4.69) is 10.1 Å². The summed E-state index contributed by atoms with van der Waals surface area (Å²) in [5.41, 5.74) is 1.22. The van der Waals surface area contributed by atoms with Gasteiger partial charge in [-0.05, 0) is 48.5 Å². The van der Waals surface area contributed by atoms with E-state index in [1.165, 1.54) is 15.9 Å². The first-order chi connectivity index (χ1) is 16.0. The number of hydrogen-bond donors (Lipinski definition) is 0. The van der Waals surface area contributed by atoms with Gasteiger partial charge in [-0.25, -0.2) is 0 Å². The van der Waals surface area contributed by atoms with Crippen LogP contribution in [0.25, 0.3) is 33.7 Å². The van der Waals surface area contributed by atoms with E-state index < -0.39 is 0 Å². The lowest BCUT2D eigenvalue weighted by Crippen LogP contribution is -2.23. The van der Waals surface area contributed by atoms with Gasteiger partial charge in [0.2, 0.25) is 4.96 Å². The average molecular weight is 500 g/mol. The van der Waals surface area contributed by atoms with Gasteiger partial charge in [-0.3, -0.25) is 4.79 Å². The van der Waals surface area contributed by atoms with Crippen LogP contribution in [0.2, 0.25) is 10.0 Å². The Bertz CT molecular complexity index is 1610. The predicted octanol–water partition coefficient (Wildman–Crippen LogP) is 4.95. The molecule has 0 saturated heterocycles. The van der Waals surface area contributed by atoms with Gasteiger partial charge in [0.25, 0.3) is 5.56 Å². The Morgan fingerprint density at radius 1 is 0.970 bits per heavy atom. The highest BCUT2D eigenvalue weighted by atomic mass is 35.5. The molecule has 0 radical (unpaired) electrons. The van der Waals surface area contributed by atoms with Gasteiger partial charge in [-0.15, -0.1) is 5.10 Å². The summed E-state index contributed by atoms with van der Waals surface area (Å²) in [5.74, 6) is 2.72. The van der Waals surface area contributed by atoms with Gasteiger partial charge in [0.1, 0.15) is 16.1 Å². The highest BCUT2D eigenvalue weighted by Gasteiger charge is 2.15. The largest absolute Gasteiger partial charge is 0.493 e. The van der Waals surface area contributed by atoms with E-state index in [1.807, 2.05) is 18.2 Å². The van der Waals surface area contributed by atoms with E-state index in [1.54, 1.807) is 50.6 Å². The maximum Gasteiger partial charge on any atom is 0.291 e. The summed E-state index contributed by atoms with van der Waals surface area (Å²) < 4.78 is 18.2. The molecule has 5 rings (SSSR count). The van der Waals surface area contributed by atoms with Crippen molar-refractivity contribution in [3.8, 4) is 34.2 Å². The summed E-state index contributed by atoms with van der Waals surface area (Å²) in [4.78, 5) is 17.9. The Kier molecular flexibility index (Phi) is 5.57. The van der Waals surface area contributed by atoms with Crippen LogP contribution < -0.4 is 19.6 Å². The molecule has 0 bridgehead atoms. The van der Waals surface area contributed by atoms with Gasteiger partial charge in [0.05, 0.1) is 24.3 Å². The molecule has 0 saturated carbocycles. The van der Waals surface area contributed by atoms with Crippen LogP contribution in [-0.2, 0) is 0 Å². The number of hydrogen-bond acceptors (Lipinski definition) is 7. The van der Waals surface area contributed by atoms with Crippen LogP contribution in [0.15, 0.2) is 57.7 Å². The number of benzene rings is 2. The third-order valence-electron chi connectivity index (χ3n) is 4.93. The highest BCUT2D eigenvalue weighted by Crippen LogP contribution is 2.32. The number of nitrogens with zero attached hydrogens (tertiary/aromatic N) is 3. The maximum absolute atomic E-state index is 12.9. The second-order valence-corrected chi connectivity index (χ2v) is 8.77. The highest BCUT2D eigenvalue weighted by molar-refractivity contribution is 7.15. The zero-order valence-corrected chi connectivity index (χ0v) is 19.7. The van der Waals surface area contributed by atoms with Crippen molar-refractivity contribution in [1.29, 1.82) is 0 Å². The van der Waals surface area contributed by atoms with Crippen molar-refractivity contribution in [2.24, 2.45) is 0 Å². The summed E-state index contributed by atoms with van der Waals surface area (Å²) in [6.45, 7) is 0. The minimum atomic E-state index is -0.276. The van der Waals surface area contributed by atoms with Crippen molar-refractivity contribution < 1.29 is 13.9 Å². The summed E-state index contributed by atoms with van der Waals surface area (Å²) >= 11 is 13.3. The molecule has 166 valence electrons. The number of thiazole rings is 1. The molecule has 2 aromatic carbocycles. The second-order valence-electron chi connectivity index (χ2n) is 6.95. The monoisotopic (exact) mass is 499 g/mol. The molecule has 0 aliphatic heterocycles. The Balaban J connectivity index is 1.49. The minimum absolute atomic E-state index is 0.276. The summed E-state index contributed by atoms with van der Waals surface area (Å²) in [5, 5.41) is 5.28. The van der Waals surface area contributed by atoms with Gasteiger partial charge in [-0.2, -0.15) is 9.50 Å².